The number of aliphatic hydroxyl groups is 1. The number of benzene rings is 1. The SMILES string of the molecule is CC1(C)[C@@H](O)C[C@H]1Oc1ccccc1. The maximum Gasteiger partial charge on any atom is 0.119 e. The summed E-state index contributed by atoms with van der Waals surface area (Å²) in [6.45, 7) is 4.07. The van der Waals surface area contributed by atoms with E-state index in [2.05, 4.69) is 0 Å². The second kappa shape index (κ2) is 3.28. The molecule has 0 aromatic heterocycles. The van der Waals surface area contributed by atoms with Crippen LogP contribution in [0.5, 0.6) is 5.75 Å². The Morgan fingerprint density at radius 2 is 1.93 bits per heavy atom. The van der Waals surface area contributed by atoms with E-state index in [0.29, 0.717) is 0 Å². The molecule has 2 rings (SSSR count). The van der Waals surface area contributed by atoms with E-state index >= 15 is 0 Å². The molecule has 0 aliphatic heterocycles. The summed E-state index contributed by atoms with van der Waals surface area (Å²) < 4.78 is 5.78. The molecule has 76 valence electrons. The van der Waals surface area contributed by atoms with Crippen molar-refractivity contribution in [2.24, 2.45) is 5.41 Å². The molecule has 0 amide bonds. The summed E-state index contributed by atoms with van der Waals surface area (Å²) in [6.07, 6.45) is 0.651. The van der Waals surface area contributed by atoms with Gasteiger partial charge in [0.25, 0.3) is 0 Å². The van der Waals surface area contributed by atoms with Crippen molar-refractivity contribution in [1.82, 2.24) is 0 Å². The molecule has 1 aromatic carbocycles. The fourth-order valence-electron chi connectivity index (χ4n) is 1.73. The van der Waals surface area contributed by atoms with Gasteiger partial charge in [0.2, 0.25) is 0 Å². The Morgan fingerprint density at radius 1 is 1.29 bits per heavy atom. The molecule has 1 aromatic rings. The normalized spacial score (nSPS) is 29.4. The lowest BCUT2D eigenvalue weighted by Crippen LogP contribution is -2.56. The van der Waals surface area contributed by atoms with Gasteiger partial charge in [-0.05, 0) is 12.1 Å². The summed E-state index contributed by atoms with van der Waals surface area (Å²) in [4.78, 5) is 0. The zero-order valence-electron chi connectivity index (χ0n) is 8.60. The summed E-state index contributed by atoms with van der Waals surface area (Å²) in [5.41, 5.74) is -0.115. The molecule has 1 aliphatic carbocycles. The topological polar surface area (TPSA) is 29.5 Å². The lowest BCUT2D eigenvalue weighted by Gasteiger charge is -2.48. The molecule has 14 heavy (non-hydrogen) atoms. The third-order valence-electron chi connectivity index (χ3n) is 3.15. The van der Waals surface area contributed by atoms with Gasteiger partial charge in [-0.2, -0.15) is 0 Å². The molecule has 1 aliphatic rings. The molecular weight excluding hydrogens is 176 g/mol. The summed E-state index contributed by atoms with van der Waals surface area (Å²) >= 11 is 0. The molecule has 1 fully saturated rings. The van der Waals surface area contributed by atoms with Crippen LogP contribution in [0.2, 0.25) is 0 Å². The highest BCUT2D eigenvalue weighted by Gasteiger charge is 2.49. The number of rotatable bonds is 2. The molecule has 1 saturated carbocycles. The van der Waals surface area contributed by atoms with Gasteiger partial charge in [-0.1, -0.05) is 32.0 Å². The molecule has 0 spiro atoms. The summed E-state index contributed by atoms with van der Waals surface area (Å²) in [7, 11) is 0. The molecule has 0 radical (unpaired) electrons. The minimum atomic E-state index is -0.226. The van der Waals surface area contributed by atoms with E-state index < -0.39 is 0 Å². The van der Waals surface area contributed by atoms with Gasteiger partial charge in [-0.25, -0.2) is 0 Å². The van der Waals surface area contributed by atoms with Crippen molar-refractivity contribution in [3.8, 4) is 5.75 Å². The molecule has 2 nitrogen and oxygen atoms in total. The van der Waals surface area contributed by atoms with Gasteiger partial charge in [0, 0.05) is 11.8 Å². The van der Waals surface area contributed by atoms with Crippen LogP contribution in [0.4, 0.5) is 0 Å². The van der Waals surface area contributed by atoms with Gasteiger partial charge in [-0.3, -0.25) is 0 Å². The Balaban J connectivity index is 2.01. The molecule has 0 heterocycles. The van der Waals surface area contributed by atoms with Gasteiger partial charge in [0.05, 0.1) is 6.10 Å². The van der Waals surface area contributed by atoms with E-state index in [0.717, 1.165) is 12.2 Å². The van der Waals surface area contributed by atoms with Crippen LogP contribution in [0.25, 0.3) is 0 Å². The third kappa shape index (κ3) is 1.50. The zero-order chi connectivity index (χ0) is 10.2. The van der Waals surface area contributed by atoms with E-state index in [1.54, 1.807) is 0 Å². The smallest absolute Gasteiger partial charge is 0.119 e. The minimum absolute atomic E-state index is 0.115. The van der Waals surface area contributed by atoms with Crippen molar-refractivity contribution >= 4 is 0 Å². The Morgan fingerprint density at radius 3 is 2.43 bits per heavy atom. The van der Waals surface area contributed by atoms with Crippen molar-refractivity contribution in [3.05, 3.63) is 30.3 Å². The maximum atomic E-state index is 9.54. The van der Waals surface area contributed by atoms with Crippen molar-refractivity contribution in [2.75, 3.05) is 0 Å². The van der Waals surface area contributed by atoms with E-state index in [9.17, 15) is 5.11 Å². The predicted molar refractivity (Wildman–Crippen MR) is 55.3 cm³/mol. The fraction of sp³-hybridized carbons (Fsp3) is 0.500. The molecule has 0 bridgehead atoms. The first-order valence-corrected chi connectivity index (χ1v) is 5.00. The summed E-state index contributed by atoms with van der Waals surface area (Å²) in [5.74, 6) is 0.887. The van der Waals surface area contributed by atoms with Crippen LogP contribution >= 0.6 is 0 Å². The van der Waals surface area contributed by atoms with Crippen LogP contribution in [0.15, 0.2) is 30.3 Å². The second-order valence-electron chi connectivity index (χ2n) is 4.49. The van der Waals surface area contributed by atoms with Crippen molar-refractivity contribution in [3.63, 3.8) is 0 Å². The molecule has 0 saturated heterocycles. The molecule has 2 atom stereocenters. The Kier molecular flexibility index (Phi) is 2.23. The zero-order valence-corrected chi connectivity index (χ0v) is 8.60. The number of aliphatic hydroxyl groups excluding tert-OH is 1. The van der Waals surface area contributed by atoms with Crippen LogP contribution in [0.3, 0.4) is 0 Å². The molecular formula is C12H16O2. The first-order valence-electron chi connectivity index (χ1n) is 5.00. The number of ether oxygens (including phenoxy) is 1. The largest absolute Gasteiger partial charge is 0.490 e. The average molecular weight is 192 g/mol. The average Bonchev–Trinajstić information content (AvgIpc) is 2.19. The summed E-state index contributed by atoms with van der Waals surface area (Å²) in [5, 5.41) is 9.54. The highest BCUT2D eigenvalue weighted by atomic mass is 16.5. The van der Waals surface area contributed by atoms with Crippen LogP contribution in [-0.2, 0) is 0 Å². The fourth-order valence-corrected chi connectivity index (χ4v) is 1.73. The van der Waals surface area contributed by atoms with Gasteiger partial charge in [0.15, 0.2) is 0 Å². The first-order chi connectivity index (χ1) is 6.60. The monoisotopic (exact) mass is 192 g/mol. The Bertz CT molecular complexity index is 305. The van der Waals surface area contributed by atoms with Crippen molar-refractivity contribution in [1.29, 1.82) is 0 Å². The Hall–Kier alpha value is -1.02. The number of hydrogen-bond donors (Lipinski definition) is 1. The molecule has 2 heteroatoms. The van der Waals surface area contributed by atoms with Gasteiger partial charge >= 0.3 is 0 Å². The van der Waals surface area contributed by atoms with E-state index in [4.69, 9.17) is 4.74 Å². The van der Waals surface area contributed by atoms with E-state index in [1.165, 1.54) is 0 Å². The van der Waals surface area contributed by atoms with Crippen LogP contribution in [-0.4, -0.2) is 17.3 Å². The second-order valence-corrected chi connectivity index (χ2v) is 4.49. The highest BCUT2D eigenvalue weighted by molar-refractivity contribution is 5.22. The number of hydrogen-bond acceptors (Lipinski definition) is 2. The summed E-state index contributed by atoms with van der Waals surface area (Å²) in [6, 6.07) is 9.77. The quantitative estimate of drug-likeness (QED) is 0.778. The van der Waals surface area contributed by atoms with E-state index in [-0.39, 0.29) is 17.6 Å². The van der Waals surface area contributed by atoms with Crippen LogP contribution in [0.1, 0.15) is 20.3 Å². The maximum absolute atomic E-state index is 9.54. The third-order valence-corrected chi connectivity index (χ3v) is 3.15. The van der Waals surface area contributed by atoms with Gasteiger partial charge in [0.1, 0.15) is 11.9 Å². The van der Waals surface area contributed by atoms with Crippen molar-refractivity contribution in [2.45, 2.75) is 32.5 Å². The Labute approximate surface area is 84.5 Å². The highest BCUT2D eigenvalue weighted by Crippen LogP contribution is 2.42. The lowest BCUT2D eigenvalue weighted by molar-refractivity contribution is -0.134. The van der Waals surface area contributed by atoms with Gasteiger partial charge < -0.3 is 9.84 Å². The van der Waals surface area contributed by atoms with Crippen LogP contribution in [0, 0.1) is 5.41 Å². The first kappa shape index (κ1) is 9.53. The predicted octanol–water partition coefficient (Wildman–Crippen LogP) is 2.22. The van der Waals surface area contributed by atoms with Crippen LogP contribution < -0.4 is 4.74 Å². The molecule has 1 N–H and O–H groups in total. The lowest BCUT2D eigenvalue weighted by atomic mass is 9.66. The van der Waals surface area contributed by atoms with E-state index in [1.807, 2.05) is 44.2 Å². The number of para-hydroxylation sites is 1. The van der Waals surface area contributed by atoms with Gasteiger partial charge in [-0.15, -0.1) is 0 Å². The standard InChI is InChI=1S/C12H16O2/c1-12(2)10(13)8-11(12)14-9-6-4-3-5-7-9/h3-7,10-11,13H,8H2,1-2H3/t10-,11+/m0/s1. The molecule has 0 unspecified atom stereocenters. The van der Waals surface area contributed by atoms with Crippen molar-refractivity contribution < 1.29 is 9.84 Å². The minimum Gasteiger partial charge on any atom is -0.490 e.